The van der Waals surface area contributed by atoms with Crippen molar-refractivity contribution in [3.63, 3.8) is 0 Å². The van der Waals surface area contributed by atoms with Crippen molar-refractivity contribution in [1.82, 2.24) is 0 Å². The molecule has 0 fully saturated rings. The summed E-state index contributed by atoms with van der Waals surface area (Å²) in [6.45, 7) is 5.03. The number of aliphatic carboxylic acids is 1. The summed E-state index contributed by atoms with van der Waals surface area (Å²) in [7, 11) is 0. The van der Waals surface area contributed by atoms with Crippen LogP contribution in [0.1, 0.15) is 129 Å². The second kappa shape index (κ2) is 21.6. The Morgan fingerprint density at radius 1 is 0.800 bits per heavy atom. The van der Waals surface area contributed by atoms with Crippen LogP contribution in [0.4, 0.5) is 5.69 Å². The largest absolute Gasteiger partial charge is 0.491 e. The van der Waals surface area contributed by atoms with Gasteiger partial charge in [-0.25, -0.2) is 0 Å². The van der Waals surface area contributed by atoms with E-state index in [1.807, 2.05) is 24.3 Å². The Balaban J connectivity index is 1.96. The van der Waals surface area contributed by atoms with Crippen LogP contribution >= 0.6 is 12.2 Å². The Kier molecular flexibility index (Phi) is 19.4. The second-order valence-corrected chi connectivity index (χ2v) is 10.8. The number of thiocarbonyl (C=S) groups is 1. The van der Waals surface area contributed by atoms with Crippen LogP contribution in [0.3, 0.4) is 0 Å². The zero-order valence-corrected chi connectivity index (χ0v) is 23.3. The number of hydrogen-bond acceptors (Lipinski definition) is 3. The quantitative estimate of drug-likeness (QED) is 0.114. The standard InChI is InChI=1S/C30H51NO3S/c1-26(2)20-15-13-11-9-7-5-3-4-6-8-10-12-14-16-23-29(35)31-27-21-17-18-22-28(27)34-25-19-24-30(32)33/h17-18,21-22,26H,3-16,19-20,23-25H2,1-2H3,(H,31,35)(H,32,33). The number of nitrogens with one attached hydrogen (secondary N) is 1. The molecule has 0 aliphatic heterocycles. The number of unbranched alkanes of at least 4 members (excludes halogenated alkanes) is 13. The molecule has 2 N–H and O–H groups in total. The summed E-state index contributed by atoms with van der Waals surface area (Å²) in [6.07, 6.45) is 22.0. The molecule has 200 valence electrons. The van der Waals surface area contributed by atoms with E-state index >= 15 is 0 Å². The van der Waals surface area contributed by atoms with E-state index in [1.165, 1.54) is 89.9 Å². The number of benzene rings is 1. The molecule has 0 spiro atoms. The molecule has 0 aliphatic carbocycles. The summed E-state index contributed by atoms with van der Waals surface area (Å²) in [5.41, 5.74) is 0.860. The van der Waals surface area contributed by atoms with Crippen LogP contribution in [0, 0.1) is 5.92 Å². The number of para-hydroxylation sites is 2. The van der Waals surface area contributed by atoms with Gasteiger partial charge in [0.15, 0.2) is 0 Å². The molecule has 5 heteroatoms. The van der Waals surface area contributed by atoms with Crippen LogP contribution in [-0.2, 0) is 4.79 Å². The van der Waals surface area contributed by atoms with Gasteiger partial charge in [-0.1, -0.05) is 128 Å². The van der Waals surface area contributed by atoms with Crippen LogP contribution in [0.2, 0.25) is 0 Å². The minimum Gasteiger partial charge on any atom is -0.491 e. The molecule has 0 bridgehead atoms. The van der Waals surface area contributed by atoms with E-state index in [1.54, 1.807) is 0 Å². The van der Waals surface area contributed by atoms with Crippen molar-refractivity contribution in [1.29, 1.82) is 0 Å². The van der Waals surface area contributed by atoms with Gasteiger partial charge in [-0.2, -0.15) is 0 Å². The Bertz CT molecular complexity index is 677. The second-order valence-electron chi connectivity index (χ2n) is 10.3. The molecule has 0 aromatic heterocycles. The summed E-state index contributed by atoms with van der Waals surface area (Å²) in [5.74, 6) is 0.792. The minimum atomic E-state index is -0.797. The maximum Gasteiger partial charge on any atom is 0.303 e. The number of ether oxygens (including phenoxy) is 1. The predicted octanol–water partition coefficient (Wildman–Crippen LogP) is 9.57. The molecule has 0 aliphatic rings. The molecule has 0 amide bonds. The van der Waals surface area contributed by atoms with Gasteiger partial charge in [0.2, 0.25) is 0 Å². The third-order valence-electron chi connectivity index (χ3n) is 6.39. The summed E-state index contributed by atoms with van der Waals surface area (Å²) < 4.78 is 5.74. The van der Waals surface area contributed by atoms with E-state index in [0.717, 1.165) is 35.2 Å². The highest BCUT2D eigenvalue weighted by Crippen LogP contribution is 2.25. The van der Waals surface area contributed by atoms with E-state index in [9.17, 15) is 4.79 Å². The number of carbonyl (C=O) groups is 1. The lowest BCUT2D eigenvalue weighted by molar-refractivity contribution is -0.137. The van der Waals surface area contributed by atoms with Gasteiger partial charge in [-0.3, -0.25) is 4.79 Å². The van der Waals surface area contributed by atoms with Gasteiger partial charge in [0, 0.05) is 6.42 Å². The molecule has 0 saturated carbocycles. The number of carboxylic acid groups (broad SMARTS) is 1. The molecule has 1 aromatic rings. The van der Waals surface area contributed by atoms with Crippen LogP contribution in [0.15, 0.2) is 24.3 Å². The van der Waals surface area contributed by atoms with E-state index < -0.39 is 5.97 Å². The van der Waals surface area contributed by atoms with Crippen LogP contribution in [0.5, 0.6) is 5.75 Å². The summed E-state index contributed by atoms with van der Waals surface area (Å²) >= 11 is 5.53. The van der Waals surface area contributed by atoms with Gasteiger partial charge in [0.05, 0.1) is 17.3 Å². The lowest BCUT2D eigenvalue weighted by atomic mass is 10.0. The highest BCUT2D eigenvalue weighted by Gasteiger charge is 2.06. The fourth-order valence-electron chi connectivity index (χ4n) is 4.27. The predicted molar refractivity (Wildman–Crippen MR) is 154 cm³/mol. The van der Waals surface area contributed by atoms with Gasteiger partial charge in [-0.15, -0.1) is 0 Å². The van der Waals surface area contributed by atoms with E-state index in [4.69, 9.17) is 22.1 Å². The SMILES string of the molecule is CC(C)CCCCCCCCCCCCCCCCC(=S)Nc1ccccc1OCCCC(=O)O. The number of anilines is 1. The van der Waals surface area contributed by atoms with Gasteiger partial charge in [-0.05, 0) is 37.3 Å². The minimum absolute atomic E-state index is 0.118. The van der Waals surface area contributed by atoms with Crippen molar-refractivity contribution in [2.75, 3.05) is 11.9 Å². The van der Waals surface area contributed by atoms with Crippen LogP contribution in [-0.4, -0.2) is 22.7 Å². The number of carboxylic acids is 1. The molecule has 0 unspecified atom stereocenters. The topological polar surface area (TPSA) is 58.6 Å². The first-order valence-corrected chi connectivity index (χ1v) is 14.6. The molecule has 0 heterocycles. The van der Waals surface area contributed by atoms with Gasteiger partial charge >= 0.3 is 5.97 Å². The average molecular weight is 506 g/mol. The van der Waals surface area contributed by atoms with Crippen molar-refractivity contribution in [3.05, 3.63) is 24.3 Å². The molecule has 1 rings (SSSR count). The lowest BCUT2D eigenvalue weighted by Gasteiger charge is -2.13. The lowest BCUT2D eigenvalue weighted by Crippen LogP contribution is -2.10. The van der Waals surface area contributed by atoms with Crippen molar-refractivity contribution >= 4 is 28.9 Å². The van der Waals surface area contributed by atoms with E-state index in [-0.39, 0.29) is 6.42 Å². The van der Waals surface area contributed by atoms with Crippen LogP contribution in [0.25, 0.3) is 0 Å². The monoisotopic (exact) mass is 505 g/mol. The highest BCUT2D eigenvalue weighted by molar-refractivity contribution is 7.80. The molecule has 4 nitrogen and oxygen atoms in total. The van der Waals surface area contributed by atoms with Gasteiger partial charge < -0.3 is 15.2 Å². The van der Waals surface area contributed by atoms with Gasteiger partial charge in [0.25, 0.3) is 0 Å². The summed E-state index contributed by atoms with van der Waals surface area (Å²) in [5, 5.41) is 12.0. The Morgan fingerprint density at radius 2 is 1.31 bits per heavy atom. The Labute approximate surface area is 220 Å². The zero-order valence-electron chi connectivity index (χ0n) is 22.5. The maximum absolute atomic E-state index is 10.6. The van der Waals surface area contributed by atoms with Crippen molar-refractivity contribution in [3.8, 4) is 5.75 Å². The van der Waals surface area contributed by atoms with E-state index in [2.05, 4.69) is 19.2 Å². The summed E-state index contributed by atoms with van der Waals surface area (Å²) in [6, 6.07) is 7.70. The zero-order chi connectivity index (χ0) is 25.6. The molecule has 0 radical (unpaired) electrons. The third kappa shape index (κ3) is 19.3. The van der Waals surface area contributed by atoms with Crippen molar-refractivity contribution < 1.29 is 14.6 Å². The maximum atomic E-state index is 10.6. The normalized spacial score (nSPS) is 11.1. The first-order valence-electron chi connectivity index (χ1n) is 14.2. The van der Waals surface area contributed by atoms with Crippen molar-refractivity contribution in [2.24, 2.45) is 5.92 Å². The fourth-order valence-corrected chi connectivity index (χ4v) is 4.53. The van der Waals surface area contributed by atoms with Crippen molar-refractivity contribution in [2.45, 2.75) is 129 Å². The molecule has 1 aromatic carbocycles. The van der Waals surface area contributed by atoms with E-state index in [0.29, 0.717) is 13.0 Å². The smallest absolute Gasteiger partial charge is 0.303 e. The Hall–Kier alpha value is -1.62. The molecule has 35 heavy (non-hydrogen) atoms. The van der Waals surface area contributed by atoms with Crippen LogP contribution < -0.4 is 10.1 Å². The molecule has 0 atom stereocenters. The molecular formula is C30H51NO3S. The highest BCUT2D eigenvalue weighted by atomic mass is 32.1. The number of hydrogen-bond donors (Lipinski definition) is 2. The summed E-state index contributed by atoms with van der Waals surface area (Å²) in [4.78, 5) is 11.5. The first-order chi connectivity index (χ1) is 17.0. The third-order valence-corrected chi connectivity index (χ3v) is 6.70. The number of rotatable bonds is 23. The molecule has 0 saturated heterocycles. The average Bonchev–Trinajstić information content (AvgIpc) is 2.82. The Morgan fingerprint density at radius 3 is 1.86 bits per heavy atom. The molecular weight excluding hydrogens is 454 g/mol. The fraction of sp³-hybridized carbons (Fsp3) is 0.733. The first kappa shape index (κ1) is 31.4. The van der Waals surface area contributed by atoms with Gasteiger partial charge in [0.1, 0.15) is 5.75 Å².